The van der Waals surface area contributed by atoms with Crippen LogP contribution in [0.15, 0.2) is 0 Å². The van der Waals surface area contributed by atoms with Crippen LogP contribution in [0.1, 0.15) is 71.1 Å². The van der Waals surface area contributed by atoms with E-state index in [2.05, 4.69) is 17.1 Å². The zero-order valence-corrected chi connectivity index (χ0v) is 23.0. The molecule has 0 saturated carbocycles. The SMILES string of the molecule is CCCCCCCCCCCCN(CCNC(=S)[S-])C(=S)[S-].[Na+].[Na+]. The van der Waals surface area contributed by atoms with Crippen molar-refractivity contribution in [1.29, 1.82) is 0 Å². The van der Waals surface area contributed by atoms with Gasteiger partial charge in [-0.25, -0.2) is 0 Å². The van der Waals surface area contributed by atoms with Crippen LogP contribution < -0.4 is 64.4 Å². The molecular formula is C16H30N2Na2S4. The summed E-state index contributed by atoms with van der Waals surface area (Å²) in [6.45, 7) is 4.72. The van der Waals surface area contributed by atoms with Crippen LogP contribution in [0.5, 0.6) is 0 Å². The van der Waals surface area contributed by atoms with Crippen LogP contribution in [-0.4, -0.2) is 33.2 Å². The maximum absolute atomic E-state index is 5.12. The van der Waals surface area contributed by atoms with E-state index in [0.29, 0.717) is 8.64 Å². The molecule has 0 aromatic carbocycles. The maximum Gasteiger partial charge on any atom is 1.00 e. The topological polar surface area (TPSA) is 15.3 Å². The van der Waals surface area contributed by atoms with Gasteiger partial charge in [0.15, 0.2) is 0 Å². The zero-order chi connectivity index (χ0) is 16.6. The fourth-order valence-electron chi connectivity index (χ4n) is 2.38. The first kappa shape index (κ1) is 30.9. The quantitative estimate of drug-likeness (QED) is 0.156. The predicted molar refractivity (Wildman–Crippen MR) is 111 cm³/mol. The molecule has 130 valence electrons. The summed E-state index contributed by atoms with van der Waals surface area (Å²) in [6.07, 6.45) is 13.4. The summed E-state index contributed by atoms with van der Waals surface area (Å²) in [6, 6.07) is 0. The van der Waals surface area contributed by atoms with E-state index < -0.39 is 0 Å². The van der Waals surface area contributed by atoms with Crippen molar-refractivity contribution in [3.63, 3.8) is 0 Å². The van der Waals surface area contributed by atoms with Gasteiger partial charge in [0.05, 0.1) is 0 Å². The van der Waals surface area contributed by atoms with Crippen LogP contribution in [0.2, 0.25) is 0 Å². The number of nitrogens with zero attached hydrogens (tertiary/aromatic N) is 1. The van der Waals surface area contributed by atoms with Crippen LogP contribution in [0, 0.1) is 0 Å². The summed E-state index contributed by atoms with van der Waals surface area (Å²) in [5, 5.41) is 2.97. The van der Waals surface area contributed by atoms with E-state index in [9.17, 15) is 0 Å². The largest absolute Gasteiger partial charge is 1.00 e. The molecule has 0 saturated heterocycles. The molecule has 24 heavy (non-hydrogen) atoms. The Kier molecular flexibility index (Phi) is 30.0. The molecule has 0 heterocycles. The van der Waals surface area contributed by atoms with Gasteiger partial charge in [-0.3, -0.25) is 0 Å². The number of hydrogen-bond acceptors (Lipinski definition) is 4. The Morgan fingerprint density at radius 1 is 0.792 bits per heavy atom. The molecule has 1 N–H and O–H groups in total. The van der Waals surface area contributed by atoms with E-state index in [1.807, 2.05) is 0 Å². The molecule has 0 aliphatic carbocycles. The Morgan fingerprint density at radius 3 is 1.67 bits per heavy atom. The van der Waals surface area contributed by atoms with Crippen molar-refractivity contribution < 1.29 is 59.1 Å². The molecular weight excluding hydrogens is 394 g/mol. The summed E-state index contributed by atoms with van der Waals surface area (Å²) in [5.41, 5.74) is 0. The standard InChI is InChI=1S/C16H32N2S4.2Na/c1-2-3-4-5-6-7-8-9-10-11-13-18(16(21)22)14-12-17-15(19)20;;/h2-14H2,1H3,(H,21,22)(H2,17,19,20);;/q;2*+1/p-2. The molecule has 0 fully saturated rings. The Morgan fingerprint density at radius 2 is 1.25 bits per heavy atom. The van der Waals surface area contributed by atoms with Gasteiger partial charge in [0.1, 0.15) is 0 Å². The predicted octanol–water partition coefficient (Wildman–Crippen LogP) is -1.53. The van der Waals surface area contributed by atoms with Gasteiger partial charge in [-0.05, 0) is 6.42 Å². The van der Waals surface area contributed by atoms with E-state index in [1.165, 1.54) is 57.8 Å². The third-order valence-electron chi connectivity index (χ3n) is 3.69. The van der Waals surface area contributed by atoms with E-state index in [4.69, 9.17) is 49.7 Å². The number of rotatable bonds is 14. The summed E-state index contributed by atoms with van der Waals surface area (Å²) >= 11 is 19.9. The number of unbranched alkanes of at least 4 members (excludes halogenated alkanes) is 9. The Balaban J connectivity index is -0.00000220. The van der Waals surface area contributed by atoms with E-state index in [0.717, 1.165) is 26.1 Å². The van der Waals surface area contributed by atoms with Gasteiger partial charge in [-0.2, -0.15) is 0 Å². The number of nitrogens with one attached hydrogen (secondary N) is 1. The first-order valence-electron chi connectivity index (χ1n) is 8.48. The van der Waals surface area contributed by atoms with Crippen LogP contribution in [0.25, 0.3) is 0 Å². The molecule has 0 atom stereocenters. The molecule has 0 radical (unpaired) electrons. The van der Waals surface area contributed by atoms with Crippen molar-refractivity contribution in [2.45, 2.75) is 71.1 Å². The Labute approximate surface area is 215 Å². The van der Waals surface area contributed by atoms with E-state index >= 15 is 0 Å². The molecule has 0 spiro atoms. The maximum atomic E-state index is 5.12. The molecule has 0 aromatic heterocycles. The van der Waals surface area contributed by atoms with Crippen molar-refractivity contribution in [2.24, 2.45) is 0 Å². The molecule has 0 rings (SSSR count). The van der Waals surface area contributed by atoms with Gasteiger partial charge in [0, 0.05) is 19.6 Å². The molecule has 0 aromatic rings. The fraction of sp³-hybridized carbons (Fsp3) is 0.875. The zero-order valence-electron chi connectivity index (χ0n) is 15.8. The minimum Gasteiger partial charge on any atom is -0.412 e. The van der Waals surface area contributed by atoms with Gasteiger partial charge in [0.2, 0.25) is 0 Å². The van der Waals surface area contributed by atoms with Crippen LogP contribution >= 0.6 is 24.4 Å². The summed E-state index contributed by atoms with van der Waals surface area (Å²) in [5.74, 6) is 0. The second kappa shape index (κ2) is 23.3. The third kappa shape index (κ3) is 22.3. The van der Waals surface area contributed by atoms with Gasteiger partial charge in [-0.15, -0.1) is 0 Å². The first-order chi connectivity index (χ1) is 10.6. The second-order valence-electron chi connectivity index (χ2n) is 5.65. The fourth-order valence-corrected chi connectivity index (χ4v) is 2.95. The van der Waals surface area contributed by atoms with Crippen molar-refractivity contribution >= 4 is 58.3 Å². The van der Waals surface area contributed by atoms with Gasteiger partial charge in [-0.1, -0.05) is 73.4 Å². The molecule has 0 aliphatic heterocycles. The Hall–Kier alpha value is 2.22. The van der Waals surface area contributed by atoms with Crippen molar-refractivity contribution in [1.82, 2.24) is 10.2 Å². The molecule has 0 bridgehead atoms. The first-order valence-corrected chi connectivity index (χ1v) is 10.1. The van der Waals surface area contributed by atoms with E-state index in [-0.39, 0.29) is 59.1 Å². The Bertz CT molecular complexity index is 308. The average Bonchev–Trinajstić information content (AvgIpc) is 2.46. The van der Waals surface area contributed by atoms with Crippen LogP contribution in [0.4, 0.5) is 0 Å². The van der Waals surface area contributed by atoms with Crippen molar-refractivity contribution in [2.75, 3.05) is 19.6 Å². The van der Waals surface area contributed by atoms with Crippen LogP contribution in [0.3, 0.4) is 0 Å². The van der Waals surface area contributed by atoms with Gasteiger partial charge in [0.25, 0.3) is 0 Å². The molecule has 8 heteroatoms. The monoisotopic (exact) mass is 424 g/mol. The number of thiocarbonyl (C=S) groups is 2. The third-order valence-corrected chi connectivity index (χ3v) is 4.50. The summed E-state index contributed by atoms with van der Waals surface area (Å²) < 4.78 is 0.960. The van der Waals surface area contributed by atoms with Gasteiger partial charge < -0.3 is 59.9 Å². The smallest absolute Gasteiger partial charge is 0.412 e. The second-order valence-corrected chi connectivity index (χ2v) is 7.76. The van der Waals surface area contributed by atoms with Crippen molar-refractivity contribution in [3.8, 4) is 0 Å². The normalized spacial score (nSPS) is 9.54. The molecule has 0 aliphatic rings. The minimum absolute atomic E-state index is 0. The minimum atomic E-state index is 0. The summed E-state index contributed by atoms with van der Waals surface area (Å²) in [4.78, 5) is 2.07. The van der Waals surface area contributed by atoms with Crippen molar-refractivity contribution in [3.05, 3.63) is 0 Å². The molecule has 2 nitrogen and oxygen atoms in total. The average molecular weight is 425 g/mol. The molecule has 0 unspecified atom stereocenters. The number of hydrogen-bond donors (Lipinski definition) is 1. The van der Waals surface area contributed by atoms with Crippen LogP contribution in [-0.2, 0) is 25.3 Å². The summed E-state index contributed by atoms with van der Waals surface area (Å²) in [7, 11) is 0. The molecule has 0 amide bonds. The van der Waals surface area contributed by atoms with E-state index in [1.54, 1.807) is 0 Å². The van der Waals surface area contributed by atoms with Gasteiger partial charge >= 0.3 is 59.1 Å².